The molecular formula is C12H32N4O3P2. The van der Waals surface area contributed by atoms with Crippen LogP contribution in [-0.4, -0.2) is 26.2 Å². The zero-order valence-corrected chi connectivity index (χ0v) is 15.6. The molecule has 4 N–H and O–H groups in total. The van der Waals surface area contributed by atoms with Gasteiger partial charge in [-0.2, -0.15) is 0 Å². The lowest BCUT2D eigenvalue weighted by atomic mass is 10.5. The third-order valence-electron chi connectivity index (χ3n) is 2.51. The van der Waals surface area contributed by atoms with Crippen LogP contribution in [0.25, 0.3) is 0 Å². The largest absolute Gasteiger partial charge is 0.348 e. The van der Waals surface area contributed by atoms with E-state index in [1.54, 1.807) is 0 Å². The molecule has 128 valence electrons. The monoisotopic (exact) mass is 342 g/mol. The van der Waals surface area contributed by atoms with Gasteiger partial charge in [0.2, 0.25) is 0 Å². The molecule has 0 aromatic heterocycles. The van der Waals surface area contributed by atoms with Gasteiger partial charge in [-0.25, -0.2) is 24.7 Å². The molecule has 0 rings (SSSR count). The molecule has 0 atom stereocenters. The second-order valence-corrected chi connectivity index (χ2v) is 8.94. The Kier molecular flexibility index (Phi) is 11.9. The average Bonchev–Trinajstić information content (AvgIpc) is 2.47. The van der Waals surface area contributed by atoms with Crippen molar-refractivity contribution in [3.05, 3.63) is 0 Å². The number of hydrogen-bond acceptors (Lipinski definition) is 3. The van der Waals surface area contributed by atoms with E-state index in [0.29, 0.717) is 26.2 Å². The molecule has 0 bridgehead atoms. The zero-order chi connectivity index (χ0) is 16.2. The maximum atomic E-state index is 12.8. The molecule has 0 aliphatic heterocycles. The van der Waals surface area contributed by atoms with Gasteiger partial charge in [-0.05, 0) is 25.7 Å². The van der Waals surface area contributed by atoms with Crippen LogP contribution in [0.3, 0.4) is 0 Å². The molecule has 0 aliphatic rings. The smallest absolute Gasteiger partial charge is 0.256 e. The van der Waals surface area contributed by atoms with Crippen LogP contribution in [0.4, 0.5) is 0 Å². The minimum atomic E-state index is -3.34. The molecule has 0 aliphatic carbocycles. The van der Waals surface area contributed by atoms with Crippen molar-refractivity contribution in [2.75, 3.05) is 26.2 Å². The zero-order valence-electron chi connectivity index (χ0n) is 13.8. The molecule has 0 heterocycles. The highest BCUT2D eigenvalue weighted by atomic mass is 31.3. The van der Waals surface area contributed by atoms with E-state index in [9.17, 15) is 9.13 Å². The van der Waals surface area contributed by atoms with Crippen LogP contribution in [0.1, 0.15) is 53.4 Å². The van der Waals surface area contributed by atoms with Crippen LogP contribution in [-0.2, 0) is 13.4 Å². The van der Waals surface area contributed by atoms with Crippen molar-refractivity contribution in [1.29, 1.82) is 0 Å². The fourth-order valence-electron chi connectivity index (χ4n) is 1.43. The lowest BCUT2D eigenvalue weighted by Gasteiger charge is -2.26. The average molecular weight is 342 g/mol. The van der Waals surface area contributed by atoms with Crippen molar-refractivity contribution in [2.24, 2.45) is 0 Å². The van der Waals surface area contributed by atoms with E-state index < -0.39 is 15.3 Å². The summed E-state index contributed by atoms with van der Waals surface area (Å²) in [5, 5.41) is 11.4. The minimum absolute atomic E-state index is 0.537. The Balaban J connectivity index is 4.90. The van der Waals surface area contributed by atoms with E-state index >= 15 is 0 Å². The number of nitrogens with one attached hydrogen (secondary N) is 4. The van der Waals surface area contributed by atoms with Crippen molar-refractivity contribution in [1.82, 2.24) is 20.3 Å². The summed E-state index contributed by atoms with van der Waals surface area (Å²) in [5.74, 6) is 0. The highest BCUT2D eigenvalue weighted by Crippen LogP contribution is 2.54. The molecule has 9 heteroatoms. The standard InChI is InChI=1S/C12H32N4O3P2/c1-5-9-13-20(17,14-10-6-2)19-21(18,15-11-7-3)16-12-8-4/h5-12H2,1-4H3,(H2,13,14,17)(H2,15,16,18). The first-order chi connectivity index (χ1) is 9.95. The van der Waals surface area contributed by atoms with Crippen LogP contribution in [0.2, 0.25) is 0 Å². The van der Waals surface area contributed by atoms with Gasteiger partial charge in [0.15, 0.2) is 0 Å². The van der Waals surface area contributed by atoms with Gasteiger partial charge in [-0.15, -0.1) is 0 Å². The molecular weight excluding hydrogens is 310 g/mol. The molecule has 0 spiro atoms. The molecule has 0 unspecified atom stereocenters. The van der Waals surface area contributed by atoms with Crippen LogP contribution in [0.15, 0.2) is 0 Å². The highest BCUT2D eigenvalue weighted by molar-refractivity contribution is 7.68. The summed E-state index contributed by atoms with van der Waals surface area (Å²) >= 11 is 0. The Morgan fingerprint density at radius 2 is 0.857 bits per heavy atom. The molecule has 0 aromatic rings. The molecule has 0 aromatic carbocycles. The second-order valence-electron chi connectivity index (χ2n) is 4.82. The summed E-state index contributed by atoms with van der Waals surface area (Å²) in [5.41, 5.74) is 0. The lowest BCUT2D eigenvalue weighted by molar-refractivity contribution is 0.416. The Hall–Kier alpha value is 0.260. The summed E-state index contributed by atoms with van der Waals surface area (Å²) in [6.07, 6.45) is 3.26. The third kappa shape index (κ3) is 9.80. The first-order valence-corrected chi connectivity index (χ1v) is 11.1. The van der Waals surface area contributed by atoms with E-state index in [-0.39, 0.29) is 0 Å². The maximum Gasteiger partial charge on any atom is 0.348 e. The molecule has 21 heavy (non-hydrogen) atoms. The first kappa shape index (κ1) is 21.3. The Morgan fingerprint density at radius 1 is 0.619 bits per heavy atom. The van der Waals surface area contributed by atoms with Gasteiger partial charge < -0.3 is 0 Å². The molecule has 7 nitrogen and oxygen atoms in total. The van der Waals surface area contributed by atoms with E-state index in [0.717, 1.165) is 25.7 Å². The van der Waals surface area contributed by atoms with Crippen LogP contribution in [0.5, 0.6) is 0 Å². The summed E-state index contributed by atoms with van der Waals surface area (Å²) in [6.45, 7) is 10.0. The predicted octanol–water partition coefficient (Wildman–Crippen LogP) is 3.22. The Bertz CT molecular complexity index is 299. The Morgan fingerprint density at radius 3 is 1.05 bits per heavy atom. The first-order valence-electron chi connectivity index (χ1n) is 7.87. The van der Waals surface area contributed by atoms with Gasteiger partial charge in [-0.3, -0.25) is 9.13 Å². The second kappa shape index (κ2) is 11.8. The van der Waals surface area contributed by atoms with Crippen LogP contribution < -0.4 is 20.3 Å². The topological polar surface area (TPSA) is 91.5 Å². The van der Waals surface area contributed by atoms with Gasteiger partial charge in [0.25, 0.3) is 0 Å². The van der Waals surface area contributed by atoms with E-state index in [1.807, 2.05) is 27.7 Å². The van der Waals surface area contributed by atoms with E-state index in [1.165, 1.54) is 0 Å². The normalized spacial score (nSPS) is 12.8. The van der Waals surface area contributed by atoms with Crippen LogP contribution >= 0.6 is 15.3 Å². The molecule has 0 saturated carbocycles. The van der Waals surface area contributed by atoms with Crippen molar-refractivity contribution in [2.45, 2.75) is 53.4 Å². The highest BCUT2D eigenvalue weighted by Gasteiger charge is 2.33. The van der Waals surface area contributed by atoms with Gasteiger partial charge in [0.05, 0.1) is 0 Å². The predicted molar refractivity (Wildman–Crippen MR) is 89.5 cm³/mol. The number of rotatable bonds is 14. The quantitative estimate of drug-likeness (QED) is 0.360. The molecule has 0 radical (unpaired) electrons. The molecule has 0 saturated heterocycles. The number of hydrogen-bond donors (Lipinski definition) is 4. The third-order valence-corrected chi connectivity index (χ3v) is 6.91. The van der Waals surface area contributed by atoms with Gasteiger partial charge in [0.1, 0.15) is 0 Å². The van der Waals surface area contributed by atoms with E-state index in [2.05, 4.69) is 20.3 Å². The fourth-order valence-corrected chi connectivity index (χ4v) is 5.94. The summed E-state index contributed by atoms with van der Waals surface area (Å²) in [7, 11) is -6.68. The van der Waals surface area contributed by atoms with Crippen molar-refractivity contribution in [3.8, 4) is 0 Å². The Labute approximate surface area is 129 Å². The summed E-state index contributed by atoms with van der Waals surface area (Å²) < 4.78 is 31.1. The van der Waals surface area contributed by atoms with Gasteiger partial charge in [0, 0.05) is 26.2 Å². The van der Waals surface area contributed by atoms with Crippen molar-refractivity contribution in [3.63, 3.8) is 0 Å². The van der Waals surface area contributed by atoms with Gasteiger partial charge in [-0.1, -0.05) is 27.7 Å². The van der Waals surface area contributed by atoms with Crippen molar-refractivity contribution >= 4 is 15.3 Å². The summed E-state index contributed by atoms with van der Waals surface area (Å²) in [6, 6.07) is 0. The summed E-state index contributed by atoms with van der Waals surface area (Å²) in [4.78, 5) is 0. The molecule has 0 fully saturated rings. The van der Waals surface area contributed by atoms with Crippen LogP contribution in [0, 0.1) is 0 Å². The van der Waals surface area contributed by atoms with Gasteiger partial charge >= 0.3 is 15.3 Å². The maximum absolute atomic E-state index is 12.8. The minimum Gasteiger partial charge on any atom is -0.256 e. The van der Waals surface area contributed by atoms with Crippen molar-refractivity contribution < 1.29 is 13.4 Å². The lowest BCUT2D eigenvalue weighted by Crippen LogP contribution is -2.31. The fraction of sp³-hybridized carbons (Fsp3) is 1.00. The molecule has 0 amide bonds. The SMILES string of the molecule is CCCNP(=O)(NCCC)OP(=O)(NCCC)NCCC. The van der Waals surface area contributed by atoms with E-state index in [4.69, 9.17) is 4.31 Å².